The first kappa shape index (κ1) is 1.29. The Morgan fingerprint density at radius 2 is 2.62 bits per heavy atom. The normalized spacial score (nSPS) is 20.8. The van der Waals surface area contributed by atoms with Crippen LogP contribution < -0.4 is 5.72 Å². The van der Waals surface area contributed by atoms with Crippen LogP contribution in [0.2, 0.25) is 2.82 Å². The van der Waals surface area contributed by atoms with Crippen molar-refractivity contribution in [2.24, 2.45) is 0 Å². The summed E-state index contributed by atoms with van der Waals surface area (Å²) in [6.07, 6.45) is 0. The van der Waals surface area contributed by atoms with Gasteiger partial charge in [0.15, 0.2) is 2.82 Å². The van der Waals surface area contributed by atoms with E-state index in [1.807, 2.05) is 0 Å². The molecule has 0 bridgehead atoms. The molecule has 8 heavy (non-hydrogen) atoms. The van der Waals surface area contributed by atoms with Crippen LogP contribution in [-0.4, -0.2) is 0 Å². The lowest BCUT2D eigenvalue weighted by Crippen LogP contribution is -1.85. The average Bonchev–Trinajstić information content (AvgIpc) is 2.19. The maximum absolute atomic E-state index is 7.46. The summed E-state index contributed by atoms with van der Waals surface area (Å²) in [5.41, 5.74) is -0.191. The second kappa shape index (κ2) is 1.86. The van der Waals surface area contributed by atoms with Crippen LogP contribution in [0.1, 0.15) is 12.4 Å². The highest BCUT2D eigenvalue weighted by Gasteiger charge is 1.84. The molecule has 1 aromatic rings. The average molecular weight is 114 g/mol. The first-order valence-corrected chi connectivity index (χ1v) is 2.08. The van der Waals surface area contributed by atoms with Crippen LogP contribution in [0, 0.1) is 6.90 Å². The maximum Gasteiger partial charge on any atom is 0.156 e. The van der Waals surface area contributed by atoms with E-state index in [-0.39, 0.29) is 29.9 Å². The van der Waals surface area contributed by atoms with E-state index in [2.05, 4.69) is 0 Å². The van der Waals surface area contributed by atoms with Crippen molar-refractivity contribution in [1.29, 1.82) is 0 Å². The number of benzene rings is 1. The molecule has 1 aromatic carbocycles. The fourth-order valence-corrected chi connectivity index (χ4v) is 0.332. The van der Waals surface area contributed by atoms with Gasteiger partial charge in [0.25, 0.3) is 0 Å². The predicted molar refractivity (Wildman–Crippen MR) is 35.6 cm³/mol. The number of anilines is 1. The zero-order chi connectivity index (χ0) is 11.7. The first-order valence-electron chi connectivity index (χ1n) is 5.68. The SMILES string of the molecule is [2H]Cc1c([2H])c([2H])c([2H])c([2H])c1N([2H])[2H]. The fourth-order valence-electron chi connectivity index (χ4n) is 0.332. The van der Waals surface area contributed by atoms with Crippen LogP contribution >= 0.6 is 0 Å². The number of nitrogen functional groups attached to an aromatic ring is 1. The van der Waals surface area contributed by atoms with Gasteiger partial charge in [-0.15, -0.1) is 0 Å². The zero-order valence-corrected chi connectivity index (χ0v) is 4.15. The number of hydrogen-bond acceptors (Lipinski definition) is 1. The van der Waals surface area contributed by atoms with Gasteiger partial charge < -0.3 is 5.72 Å². The van der Waals surface area contributed by atoms with Crippen LogP contribution in [0.25, 0.3) is 0 Å². The van der Waals surface area contributed by atoms with Gasteiger partial charge in [0, 0.05) is 7.06 Å². The number of para-hydroxylation sites is 1. The molecule has 0 heterocycles. The molecule has 0 saturated heterocycles. The minimum Gasteiger partial charge on any atom is -0.399 e. The molecule has 0 fully saturated rings. The molecule has 42 valence electrons. The highest BCUT2D eigenvalue weighted by atomic mass is 14.5. The number of nitrogens with two attached hydrogens (primary N) is 1. The summed E-state index contributed by atoms with van der Waals surface area (Å²) in [5, 5.41) is 0. The molecule has 2 N–H and O–H groups in total. The van der Waals surface area contributed by atoms with Crippen molar-refractivity contribution in [3.63, 3.8) is 0 Å². The molecule has 0 aromatic heterocycles. The molecule has 0 saturated carbocycles. The van der Waals surface area contributed by atoms with Gasteiger partial charge in [0.2, 0.25) is 0 Å². The van der Waals surface area contributed by atoms with Gasteiger partial charge in [-0.2, -0.15) is 0 Å². The molecule has 0 aliphatic carbocycles. The van der Waals surface area contributed by atoms with Gasteiger partial charge in [-0.1, -0.05) is 18.1 Å². The summed E-state index contributed by atoms with van der Waals surface area (Å²) < 4.78 is 50.8. The van der Waals surface area contributed by atoms with Gasteiger partial charge in [-0.3, -0.25) is 0 Å². The molecular weight excluding hydrogens is 98.1 g/mol. The van der Waals surface area contributed by atoms with Gasteiger partial charge in [-0.25, -0.2) is 0 Å². The third-order valence-corrected chi connectivity index (χ3v) is 0.743. The largest absolute Gasteiger partial charge is 0.399 e. The summed E-state index contributed by atoms with van der Waals surface area (Å²) in [6, 6.07) is -1.74. The lowest BCUT2D eigenvalue weighted by atomic mass is 10.2. The first-order chi connectivity index (χ1) is 6.91. The summed E-state index contributed by atoms with van der Waals surface area (Å²) in [4.78, 5) is 0. The van der Waals surface area contributed by atoms with Gasteiger partial charge in [0.05, 0.1) is 5.48 Å². The molecule has 0 aliphatic heterocycles. The maximum atomic E-state index is 7.46. The van der Waals surface area contributed by atoms with E-state index in [9.17, 15) is 0 Å². The van der Waals surface area contributed by atoms with Gasteiger partial charge in [-0.05, 0) is 18.5 Å². The Kier molecular flexibility index (Phi) is 0.302. The predicted octanol–water partition coefficient (Wildman–Crippen LogP) is 1.58. The monoisotopic (exact) mass is 114 g/mol. The van der Waals surface area contributed by atoms with E-state index in [1.165, 1.54) is 0 Å². The van der Waals surface area contributed by atoms with Crippen LogP contribution in [0.5, 0.6) is 0 Å². The molecular formula is C7H9N. The van der Waals surface area contributed by atoms with Crippen molar-refractivity contribution < 1.29 is 9.68 Å². The van der Waals surface area contributed by atoms with Crippen LogP contribution in [0.4, 0.5) is 5.69 Å². The molecule has 0 spiro atoms. The van der Waals surface area contributed by atoms with E-state index < -0.39 is 18.1 Å². The topological polar surface area (TPSA) is 26.0 Å². The Bertz CT molecular complexity index is 390. The molecule has 0 amide bonds. The summed E-state index contributed by atoms with van der Waals surface area (Å²) in [7, 11) is 0. The zero-order valence-electron chi connectivity index (χ0n) is 11.2. The van der Waals surface area contributed by atoms with Crippen molar-refractivity contribution in [3.05, 3.63) is 29.7 Å². The highest BCUT2D eigenvalue weighted by molar-refractivity contribution is 5.44. The van der Waals surface area contributed by atoms with Crippen molar-refractivity contribution >= 4 is 5.69 Å². The third kappa shape index (κ3) is 0.808. The van der Waals surface area contributed by atoms with Crippen LogP contribution in [0.15, 0.2) is 24.2 Å². The van der Waals surface area contributed by atoms with Gasteiger partial charge >= 0.3 is 0 Å². The third-order valence-electron chi connectivity index (χ3n) is 0.743. The molecule has 1 rings (SSSR count). The fraction of sp³-hybridized carbons (Fsp3) is 0.143. The second-order valence-electron chi connectivity index (χ2n) is 1.33. The Morgan fingerprint density at radius 1 is 1.75 bits per heavy atom. The minimum absolute atomic E-state index is 0.0361. The molecule has 1 heteroatoms. The quantitative estimate of drug-likeness (QED) is 0.551. The van der Waals surface area contributed by atoms with E-state index in [0.29, 0.717) is 0 Å². The van der Waals surface area contributed by atoms with Crippen molar-refractivity contribution in [1.82, 2.24) is 0 Å². The summed E-state index contributed by atoms with van der Waals surface area (Å²) in [5.74, 6) is 0. The Balaban J connectivity index is 3.62. The van der Waals surface area contributed by atoms with Crippen molar-refractivity contribution in [2.45, 2.75) is 6.90 Å². The van der Waals surface area contributed by atoms with E-state index in [1.54, 1.807) is 0 Å². The van der Waals surface area contributed by atoms with Crippen LogP contribution in [-0.2, 0) is 0 Å². The summed E-state index contributed by atoms with van der Waals surface area (Å²) >= 11 is 0. The molecule has 0 unspecified atom stereocenters. The van der Waals surface area contributed by atoms with Crippen molar-refractivity contribution in [2.75, 3.05) is 5.72 Å². The molecule has 0 aliphatic rings. The van der Waals surface area contributed by atoms with Gasteiger partial charge in [0.1, 0.15) is 0 Å². The van der Waals surface area contributed by atoms with Crippen molar-refractivity contribution in [3.8, 4) is 0 Å². The van der Waals surface area contributed by atoms with E-state index in [0.717, 1.165) is 0 Å². The number of rotatable bonds is 1. The number of hydrogen-bond donors (Lipinski definition) is 1. The summed E-state index contributed by atoms with van der Waals surface area (Å²) in [6.45, 7) is -0.388. The molecule has 1 nitrogen and oxygen atoms in total. The minimum atomic E-state index is -0.489. The molecule has 0 radical (unpaired) electrons. The smallest absolute Gasteiger partial charge is 0.156 e. The highest BCUT2D eigenvalue weighted by Crippen LogP contribution is 2.06. The Labute approximate surface area is 59.1 Å². The standard InChI is InChI=1S/C7H9N/c1-6-4-2-3-5-7(6)8/h2-5H,8H2,1H3/i1D,2D,3D,4D,5D/hD2. The van der Waals surface area contributed by atoms with E-state index in [4.69, 9.17) is 9.68 Å². The van der Waals surface area contributed by atoms with Crippen LogP contribution in [0.3, 0.4) is 0 Å². The Morgan fingerprint density at radius 3 is 3.38 bits per heavy atom. The lowest BCUT2D eigenvalue weighted by molar-refractivity contribution is 1.47. The Hall–Kier alpha value is -0.980. The lowest BCUT2D eigenvalue weighted by Gasteiger charge is -1.93. The molecule has 0 atom stereocenters. The van der Waals surface area contributed by atoms with E-state index >= 15 is 0 Å². The second-order valence-corrected chi connectivity index (χ2v) is 1.33.